The average molecular weight is 473 g/mol. The highest BCUT2D eigenvalue weighted by molar-refractivity contribution is 8.11. The van der Waals surface area contributed by atoms with Crippen molar-refractivity contribution < 1.29 is 4.79 Å². The SMILES string of the molecule is CCN1C(C)=C(C)S/C1=c1\s/c(=C2/C(=O)N(C)C(=S)N2c2ccccc2)n(CC)c1=O. The van der Waals surface area contributed by atoms with Gasteiger partial charge in [-0.15, -0.1) is 11.3 Å². The molecule has 0 bridgehead atoms. The molecule has 1 aromatic heterocycles. The largest absolute Gasteiger partial charge is 0.338 e. The van der Waals surface area contributed by atoms with Gasteiger partial charge >= 0.3 is 0 Å². The molecule has 1 amide bonds. The van der Waals surface area contributed by atoms with E-state index < -0.39 is 0 Å². The second-order valence-corrected chi connectivity index (χ2v) is 9.81. The number of carbonyl (C=O) groups excluding carboxylic acids is 1. The predicted octanol–water partition coefficient (Wildman–Crippen LogP) is 2.69. The number of hydrogen-bond donors (Lipinski definition) is 0. The fourth-order valence-electron chi connectivity index (χ4n) is 3.77. The number of amides is 1. The van der Waals surface area contributed by atoms with E-state index in [1.54, 1.807) is 28.3 Å². The van der Waals surface area contributed by atoms with Crippen LogP contribution < -0.4 is 19.7 Å². The quantitative estimate of drug-likeness (QED) is 0.641. The van der Waals surface area contributed by atoms with Gasteiger partial charge in [-0.25, -0.2) is 0 Å². The summed E-state index contributed by atoms with van der Waals surface area (Å²) in [5.74, 6) is -0.203. The topological polar surface area (TPSA) is 48.8 Å². The van der Waals surface area contributed by atoms with Crippen LogP contribution in [0.25, 0.3) is 10.7 Å². The Morgan fingerprint density at radius 3 is 2.32 bits per heavy atom. The third kappa shape index (κ3) is 3.35. The van der Waals surface area contributed by atoms with Gasteiger partial charge in [0.05, 0.1) is 0 Å². The number of nitrogens with zero attached hydrogens (tertiary/aromatic N) is 4. The summed E-state index contributed by atoms with van der Waals surface area (Å²) in [6.45, 7) is 9.40. The highest BCUT2D eigenvalue weighted by atomic mass is 32.2. The molecule has 0 saturated carbocycles. The van der Waals surface area contributed by atoms with E-state index in [1.807, 2.05) is 37.3 Å². The lowest BCUT2D eigenvalue weighted by molar-refractivity contribution is -0.119. The van der Waals surface area contributed by atoms with Gasteiger partial charge in [0.1, 0.15) is 19.9 Å². The molecule has 0 radical (unpaired) electrons. The third-order valence-electron chi connectivity index (χ3n) is 5.55. The summed E-state index contributed by atoms with van der Waals surface area (Å²) >= 11 is 8.59. The van der Waals surface area contributed by atoms with Crippen LogP contribution in [0.2, 0.25) is 0 Å². The maximum Gasteiger partial charge on any atom is 0.279 e. The Hall–Kier alpha value is -2.36. The molecule has 2 aliphatic heterocycles. The van der Waals surface area contributed by atoms with Crippen LogP contribution in [-0.4, -0.2) is 39.0 Å². The minimum atomic E-state index is -0.203. The molecular weight excluding hydrogens is 448 g/mol. The molecule has 0 spiro atoms. The normalized spacial score (nSPS) is 20.6. The van der Waals surface area contributed by atoms with Gasteiger partial charge in [-0.1, -0.05) is 30.0 Å². The van der Waals surface area contributed by atoms with E-state index in [0.717, 1.165) is 23.0 Å². The average Bonchev–Trinajstić information content (AvgIpc) is 3.33. The van der Waals surface area contributed by atoms with E-state index in [0.29, 0.717) is 26.5 Å². The summed E-state index contributed by atoms with van der Waals surface area (Å²) in [6.07, 6.45) is 0. The zero-order valence-corrected chi connectivity index (χ0v) is 20.6. The molecule has 0 unspecified atom stereocenters. The molecule has 2 aromatic rings. The number of rotatable bonds is 3. The van der Waals surface area contributed by atoms with Gasteiger partial charge in [-0.05, 0) is 52.0 Å². The van der Waals surface area contributed by atoms with Crippen molar-refractivity contribution in [1.82, 2.24) is 14.4 Å². The molecule has 4 rings (SSSR count). The van der Waals surface area contributed by atoms with E-state index in [1.165, 1.54) is 21.1 Å². The number of hydrogen-bond acceptors (Lipinski definition) is 6. The third-order valence-corrected chi connectivity index (χ3v) is 8.53. The van der Waals surface area contributed by atoms with E-state index >= 15 is 0 Å². The predicted molar refractivity (Wildman–Crippen MR) is 133 cm³/mol. The summed E-state index contributed by atoms with van der Waals surface area (Å²) < 4.78 is 2.98. The molecule has 0 aliphatic carbocycles. The first kappa shape index (κ1) is 21.9. The van der Waals surface area contributed by atoms with E-state index in [4.69, 9.17) is 12.2 Å². The maximum absolute atomic E-state index is 13.5. The molecule has 1 fully saturated rings. The summed E-state index contributed by atoms with van der Waals surface area (Å²) in [5, 5.41) is 1.34. The standard InChI is InChI=1S/C22H24N4O2S3/c1-6-24-13(3)14(4)30-21(24)17-19(28)25(7-2)20(31-17)16-18(27)23(5)22(29)26(16)15-11-9-8-10-12-15/h8-12H,6-7H2,1-5H3/b20-16-,21-17-. The van der Waals surface area contributed by atoms with Crippen LogP contribution >= 0.6 is 35.3 Å². The molecular formula is C22H24N4O2S3. The Bertz CT molecular complexity index is 1290. The van der Waals surface area contributed by atoms with Crippen LogP contribution in [0.3, 0.4) is 0 Å². The van der Waals surface area contributed by atoms with Crippen LogP contribution in [0.4, 0.5) is 5.69 Å². The number of thioether (sulfide) groups is 1. The van der Waals surface area contributed by atoms with Gasteiger partial charge in [0.15, 0.2) is 5.11 Å². The highest BCUT2D eigenvalue weighted by Crippen LogP contribution is 2.40. The van der Waals surface area contributed by atoms with Crippen molar-refractivity contribution in [2.24, 2.45) is 0 Å². The zero-order chi connectivity index (χ0) is 22.4. The number of likely N-dealkylation sites (N-methyl/N-ethyl adjacent to an activating group) is 1. The lowest BCUT2D eigenvalue weighted by Gasteiger charge is -2.18. The summed E-state index contributed by atoms with van der Waals surface area (Å²) in [7, 11) is 1.67. The lowest BCUT2D eigenvalue weighted by atomic mass is 10.3. The first-order valence-electron chi connectivity index (χ1n) is 10.1. The van der Waals surface area contributed by atoms with Gasteiger partial charge < -0.3 is 4.90 Å². The number of anilines is 1. The molecule has 3 heterocycles. The van der Waals surface area contributed by atoms with Crippen LogP contribution in [0.15, 0.2) is 45.7 Å². The maximum atomic E-state index is 13.5. The minimum absolute atomic E-state index is 0.0697. The van der Waals surface area contributed by atoms with Crippen molar-refractivity contribution in [2.45, 2.75) is 34.2 Å². The van der Waals surface area contributed by atoms with E-state index in [-0.39, 0.29) is 11.5 Å². The Kier molecular flexibility index (Phi) is 5.85. The Balaban J connectivity index is 2.07. The minimum Gasteiger partial charge on any atom is -0.338 e. The molecule has 0 atom stereocenters. The van der Waals surface area contributed by atoms with Gasteiger partial charge in [0, 0.05) is 36.4 Å². The van der Waals surface area contributed by atoms with E-state index in [9.17, 15) is 9.59 Å². The van der Waals surface area contributed by atoms with Crippen molar-refractivity contribution >= 4 is 62.7 Å². The lowest BCUT2D eigenvalue weighted by Crippen LogP contribution is -2.36. The molecule has 2 aliphatic rings. The highest BCUT2D eigenvalue weighted by Gasteiger charge is 2.38. The van der Waals surface area contributed by atoms with E-state index in [2.05, 4.69) is 25.7 Å². The monoisotopic (exact) mass is 472 g/mol. The number of thiocarbonyl (C=S) groups is 1. The molecule has 9 heteroatoms. The number of allylic oxidation sites excluding steroid dienone is 2. The molecule has 0 N–H and O–H groups in total. The Labute approximate surface area is 194 Å². The zero-order valence-electron chi connectivity index (χ0n) is 18.1. The van der Waals surface area contributed by atoms with Crippen molar-refractivity contribution in [2.75, 3.05) is 18.5 Å². The summed E-state index contributed by atoms with van der Waals surface area (Å²) in [6, 6.07) is 9.57. The van der Waals surface area contributed by atoms with Crippen molar-refractivity contribution in [1.29, 1.82) is 0 Å². The van der Waals surface area contributed by atoms with Gasteiger partial charge in [-0.3, -0.25) is 24.0 Å². The summed E-state index contributed by atoms with van der Waals surface area (Å²) in [4.78, 5) is 33.3. The number of aromatic nitrogens is 1. The van der Waals surface area contributed by atoms with Crippen molar-refractivity contribution in [3.63, 3.8) is 0 Å². The molecule has 6 nitrogen and oxygen atoms in total. The second-order valence-electron chi connectivity index (χ2n) is 7.25. The first-order valence-corrected chi connectivity index (χ1v) is 12.1. The van der Waals surface area contributed by atoms with Crippen LogP contribution in [0.1, 0.15) is 27.7 Å². The molecule has 1 saturated heterocycles. The van der Waals surface area contributed by atoms with Crippen LogP contribution in [-0.2, 0) is 11.3 Å². The summed E-state index contributed by atoms with van der Waals surface area (Å²) in [5.41, 5.74) is 2.33. The fraction of sp³-hybridized carbons (Fsp3) is 0.318. The number of carbonyl (C=O) groups is 1. The number of para-hydroxylation sites is 1. The first-order chi connectivity index (χ1) is 14.8. The smallest absolute Gasteiger partial charge is 0.279 e. The molecule has 31 heavy (non-hydrogen) atoms. The Morgan fingerprint density at radius 2 is 1.71 bits per heavy atom. The Morgan fingerprint density at radius 1 is 1.03 bits per heavy atom. The fourth-order valence-corrected chi connectivity index (χ4v) is 6.59. The van der Waals surface area contributed by atoms with Gasteiger partial charge in [-0.2, -0.15) is 0 Å². The number of benzene rings is 1. The van der Waals surface area contributed by atoms with Crippen LogP contribution in [0.5, 0.6) is 0 Å². The van der Waals surface area contributed by atoms with Crippen molar-refractivity contribution in [3.05, 3.63) is 60.5 Å². The molecule has 162 valence electrons. The van der Waals surface area contributed by atoms with Gasteiger partial charge in [0.25, 0.3) is 11.5 Å². The second kappa shape index (κ2) is 8.29. The van der Waals surface area contributed by atoms with Crippen molar-refractivity contribution in [3.8, 4) is 0 Å². The molecule has 1 aromatic carbocycles. The number of thiazole rings is 1. The van der Waals surface area contributed by atoms with Crippen LogP contribution in [0, 0.1) is 0 Å². The van der Waals surface area contributed by atoms with Gasteiger partial charge in [0.2, 0.25) is 0 Å².